The van der Waals surface area contributed by atoms with Crippen molar-refractivity contribution in [1.29, 1.82) is 0 Å². The van der Waals surface area contributed by atoms with Gasteiger partial charge in [0.05, 0.1) is 23.4 Å². The molecule has 2 rings (SSSR count). The summed E-state index contributed by atoms with van der Waals surface area (Å²) in [7, 11) is 1.29. The Morgan fingerprint density at radius 3 is 2.29 bits per heavy atom. The predicted molar refractivity (Wildman–Crippen MR) is 111 cm³/mol. The van der Waals surface area contributed by atoms with Crippen molar-refractivity contribution < 1.29 is 19.1 Å². The number of hydrogen-bond donors (Lipinski definition) is 1. The van der Waals surface area contributed by atoms with Gasteiger partial charge in [-0.1, -0.05) is 51.4 Å². The molecular formula is C22H26ClNO4. The fourth-order valence-electron chi connectivity index (χ4n) is 2.60. The molecule has 0 heterocycles. The van der Waals surface area contributed by atoms with Crippen LogP contribution in [0.5, 0.6) is 5.75 Å². The standard InChI is InChI=1S/C22H26ClNO4/c1-6-19(28-16-10-8-15(9-11-16)22(2,3)4)20(25)24-18-13-14(21(26)27-5)7-12-17(18)23/h7-13,19H,6H2,1-5H3,(H,24,25)/t19-/m1/s1. The van der Waals surface area contributed by atoms with Gasteiger partial charge in [-0.3, -0.25) is 4.79 Å². The van der Waals surface area contributed by atoms with Gasteiger partial charge in [-0.2, -0.15) is 0 Å². The van der Waals surface area contributed by atoms with E-state index in [2.05, 4.69) is 26.1 Å². The van der Waals surface area contributed by atoms with Crippen molar-refractivity contribution in [2.24, 2.45) is 0 Å². The van der Waals surface area contributed by atoms with E-state index in [9.17, 15) is 9.59 Å². The Bertz CT molecular complexity index is 841. The van der Waals surface area contributed by atoms with Crippen LogP contribution in [0.1, 0.15) is 50.0 Å². The van der Waals surface area contributed by atoms with Gasteiger partial charge in [0.1, 0.15) is 5.75 Å². The highest BCUT2D eigenvalue weighted by atomic mass is 35.5. The maximum Gasteiger partial charge on any atom is 0.337 e. The lowest BCUT2D eigenvalue weighted by molar-refractivity contribution is -0.122. The van der Waals surface area contributed by atoms with Crippen LogP contribution < -0.4 is 10.1 Å². The first kappa shape index (κ1) is 21.8. The molecule has 0 spiro atoms. The largest absolute Gasteiger partial charge is 0.481 e. The van der Waals surface area contributed by atoms with Gasteiger partial charge in [0.2, 0.25) is 0 Å². The van der Waals surface area contributed by atoms with Crippen molar-refractivity contribution in [1.82, 2.24) is 0 Å². The maximum absolute atomic E-state index is 12.7. The van der Waals surface area contributed by atoms with E-state index in [4.69, 9.17) is 21.1 Å². The summed E-state index contributed by atoms with van der Waals surface area (Å²) in [6.45, 7) is 8.27. The summed E-state index contributed by atoms with van der Waals surface area (Å²) < 4.78 is 10.6. The topological polar surface area (TPSA) is 64.6 Å². The van der Waals surface area contributed by atoms with Gasteiger partial charge >= 0.3 is 5.97 Å². The predicted octanol–water partition coefficient (Wildman–Crippen LogP) is 5.22. The number of ether oxygens (including phenoxy) is 2. The van der Waals surface area contributed by atoms with E-state index in [1.54, 1.807) is 0 Å². The molecule has 0 saturated heterocycles. The number of halogens is 1. The van der Waals surface area contributed by atoms with Crippen LogP contribution in [0, 0.1) is 0 Å². The molecule has 0 saturated carbocycles. The molecule has 28 heavy (non-hydrogen) atoms. The Balaban J connectivity index is 2.13. The van der Waals surface area contributed by atoms with Gasteiger partial charge in [-0.25, -0.2) is 4.79 Å². The molecule has 1 atom stereocenters. The minimum atomic E-state index is -0.696. The van der Waals surface area contributed by atoms with Crippen molar-refractivity contribution in [3.63, 3.8) is 0 Å². The number of carbonyl (C=O) groups excluding carboxylic acids is 2. The van der Waals surface area contributed by atoms with Gasteiger partial charge in [-0.15, -0.1) is 0 Å². The van der Waals surface area contributed by atoms with E-state index in [0.717, 1.165) is 0 Å². The zero-order valence-electron chi connectivity index (χ0n) is 16.8. The highest BCUT2D eigenvalue weighted by Crippen LogP contribution is 2.26. The molecule has 5 nitrogen and oxygen atoms in total. The molecule has 0 aliphatic rings. The van der Waals surface area contributed by atoms with Crippen LogP contribution in [-0.4, -0.2) is 25.1 Å². The molecule has 0 aliphatic heterocycles. The van der Waals surface area contributed by atoms with Gasteiger partial charge in [-0.05, 0) is 47.7 Å². The third kappa shape index (κ3) is 5.49. The second kappa shape index (κ2) is 9.11. The molecule has 0 unspecified atom stereocenters. The Morgan fingerprint density at radius 2 is 1.75 bits per heavy atom. The number of amides is 1. The molecule has 0 fully saturated rings. The Kier molecular flexibility index (Phi) is 7.08. The quantitative estimate of drug-likeness (QED) is 0.671. The zero-order chi connectivity index (χ0) is 20.9. The minimum absolute atomic E-state index is 0.0431. The third-order valence-electron chi connectivity index (χ3n) is 4.31. The van der Waals surface area contributed by atoms with Gasteiger partial charge in [0, 0.05) is 0 Å². The second-order valence-corrected chi connectivity index (χ2v) is 7.87. The number of methoxy groups -OCH3 is 1. The third-order valence-corrected chi connectivity index (χ3v) is 4.64. The van der Waals surface area contributed by atoms with Crippen LogP contribution in [0.25, 0.3) is 0 Å². The van der Waals surface area contributed by atoms with Crippen LogP contribution >= 0.6 is 11.6 Å². The van der Waals surface area contributed by atoms with E-state index in [1.165, 1.54) is 30.9 Å². The molecule has 0 aromatic heterocycles. The highest BCUT2D eigenvalue weighted by molar-refractivity contribution is 6.33. The molecule has 1 amide bonds. The molecular weight excluding hydrogens is 378 g/mol. The summed E-state index contributed by atoms with van der Waals surface area (Å²) >= 11 is 6.15. The van der Waals surface area contributed by atoms with E-state index < -0.39 is 12.1 Å². The van der Waals surface area contributed by atoms with Gasteiger partial charge in [0.25, 0.3) is 5.91 Å². The summed E-state index contributed by atoms with van der Waals surface area (Å²) in [5.41, 5.74) is 1.86. The molecule has 2 aromatic rings. The van der Waals surface area contributed by atoms with Crippen molar-refractivity contribution in [3.05, 3.63) is 58.6 Å². The van der Waals surface area contributed by atoms with Crippen LogP contribution in [0.15, 0.2) is 42.5 Å². The van der Waals surface area contributed by atoms with E-state index in [0.29, 0.717) is 28.4 Å². The fourth-order valence-corrected chi connectivity index (χ4v) is 2.76. The Hall–Kier alpha value is -2.53. The number of esters is 1. The van der Waals surface area contributed by atoms with Crippen molar-refractivity contribution in [2.45, 2.75) is 45.6 Å². The number of nitrogens with one attached hydrogen (secondary N) is 1. The summed E-state index contributed by atoms with van der Waals surface area (Å²) in [5, 5.41) is 3.06. The molecule has 6 heteroatoms. The average Bonchev–Trinajstić information content (AvgIpc) is 2.66. The smallest absolute Gasteiger partial charge is 0.337 e. The number of carbonyl (C=O) groups is 2. The van der Waals surface area contributed by atoms with Crippen LogP contribution in [0.4, 0.5) is 5.69 Å². The number of hydrogen-bond acceptors (Lipinski definition) is 4. The first-order chi connectivity index (χ1) is 13.2. The zero-order valence-corrected chi connectivity index (χ0v) is 17.6. The molecule has 0 bridgehead atoms. The lowest BCUT2D eigenvalue weighted by atomic mass is 9.87. The SMILES string of the molecule is CC[C@@H](Oc1ccc(C(C)(C)C)cc1)C(=O)Nc1cc(C(=O)OC)ccc1Cl. The Morgan fingerprint density at radius 1 is 1.11 bits per heavy atom. The van der Waals surface area contributed by atoms with Gasteiger partial charge in [0.15, 0.2) is 6.10 Å². The van der Waals surface area contributed by atoms with Crippen molar-refractivity contribution in [2.75, 3.05) is 12.4 Å². The van der Waals surface area contributed by atoms with Crippen LogP contribution in [0.2, 0.25) is 5.02 Å². The molecule has 0 radical (unpaired) electrons. The summed E-state index contributed by atoms with van der Waals surface area (Å²) in [6, 6.07) is 12.3. The summed E-state index contributed by atoms with van der Waals surface area (Å²) in [5.74, 6) is -0.231. The van der Waals surface area contributed by atoms with E-state index in [1.807, 2.05) is 31.2 Å². The van der Waals surface area contributed by atoms with E-state index in [-0.39, 0.29) is 11.3 Å². The summed E-state index contributed by atoms with van der Waals surface area (Å²) in [4.78, 5) is 24.4. The normalized spacial score (nSPS) is 12.2. The number of anilines is 1. The van der Waals surface area contributed by atoms with Crippen molar-refractivity contribution >= 4 is 29.2 Å². The molecule has 1 N–H and O–H groups in total. The van der Waals surface area contributed by atoms with E-state index >= 15 is 0 Å². The lowest BCUT2D eigenvalue weighted by Gasteiger charge is -2.21. The van der Waals surface area contributed by atoms with Crippen molar-refractivity contribution in [3.8, 4) is 5.75 Å². The lowest BCUT2D eigenvalue weighted by Crippen LogP contribution is -2.32. The monoisotopic (exact) mass is 403 g/mol. The maximum atomic E-state index is 12.7. The first-order valence-electron chi connectivity index (χ1n) is 9.11. The van der Waals surface area contributed by atoms with Gasteiger partial charge < -0.3 is 14.8 Å². The fraction of sp³-hybridized carbons (Fsp3) is 0.364. The van der Waals surface area contributed by atoms with Crippen LogP contribution in [0.3, 0.4) is 0 Å². The summed E-state index contributed by atoms with van der Waals surface area (Å²) in [6.07, 6.45) is -0.223. The highest BCUT2D eigenvalue weighted by Gasteiger charge is 2.21. The number of benzene rings is 2. The Labute approximate surface area is 171 Å². The molecule has 2 aromatic carbocycles. The average molecular weight is 404 g/mol. The second-order valence-electron chi connectivity index (χ2n) is 7.46. The minimum Gasteiger partial charge on any atom is -0.481 e. The number of rotatable bonds is 6. The molecule has 0 aliphatic carbocycles. The first-order valence-corrected chi connectivity index (χ1v) is 9.49. The van der Waals surface area contributed by atoms with Crippen LogP contribution in [-0.2, 0) is 14.9 Å². The molecule has 150 valence electrons.